The number of amides is 3. The summed E-state index contributed by atoms with van der Waals surface area (Å²) in [4.78, 5) is 36.6. The zero-order chi connectivity index (χ0) is 18.5. The Kier molecular flexibility index (Phi) is 5.53. The minimum absolute atomic E-state index is 0.119. The quantitative estimate of drug-likeness (QED) is 0.752. The number of benzene rings is 2. The summed E-state index contributed by atoms with van der Waals surface area (Å²) in [5.41, 5.74) is 1.87. The van der Waals surface area contributed by atoms with Crippen LogP contribution in [0.25, 0.3) is 0 Å². The van der Waals surface area contributed by atoms with E-state index in [4.69, 9.17) is 11.6 Å². The third-order valence-electron chi connectivity index (χ3n) is 4.09. The Morgan fingerprint density at radius 3 is 2.58 bits per heavy atom. The van der Waals surface area contributed by atoms with Crippen LogP contribution in [-0.4, -0.2) is 30.3 Å². The molecule has 0 fully saturated rings. The van der Waals surface area contributed by atoms with Gasteiger partial charge in [0.2, 0.25) is 11.8 Å². The van der Waals surface area contributed by atoms with Crippen LogP contribution in [0.1, 0.15) is 22.3 Å². The van der Waals surface area contributed by atoms with Crippen molar-refractivity contribution in [3.05, 3.63) is 64.7 Å². The number of carbonyl (C=O) groups excluding carboxylic acids is 3. The number of para-hydroxylation sites is 1. The highest BCUT2D eigenvalue weighted by Gasteiger charge is 2.29. The second-order valence-corrected chi connectivity index (χ2v) is 6.43. The fraction of sp³-hybridized carbons (Fsp3) is 0.211. The number of carbonyl (C=O) groups is 3. The molecular formula is C19H18ClN3O3. The van der Waals surface area contributed by atoms with E-state index in [2.05, 4.69) is 16.0 Å². The molecule has 1 aliphatic rings. The maximum Gasteiger partial charge on any atom is 0.254 e. The molecule has 3 N–H and O–H groups in total. The van der Waals surface area contributed by atoms with Gasteiger partial charge in [-0.3, -0.25) is 14.4 Å². The van der Waals surface area contributed by atoms with Gasteiger partial charge in [0.1, 0.15) is 6.04 Å². The molecule has 0 aromatic heterocycles. The Labute approximate surface area is 155 Å². The van der Waals surface area contributed by atoms with Gasteiger partial charge in [0.05, 0.1) is 17.7 Å². The largest absolute Gasteiger partial charge is 0.356 e. The number of anilines is 1. The molecule has 6 nitrogen and oxygen atoms in total. The van der Waals surface area contributed by atoms with Crippen LogP contribution in [0.3, 0.4) is 0 Å². The van der Waals surface area contributed by atoms with E-state index in [1.165, 1.54) is 0 Å². The Morgan fingerprint density at radius 1 is 1.08 bits per heavy atom. The number of hydrogen-bond donors (Lipinski definition) is 3. The molecule has 0 bridgehead atoms. The lowest BCUT2D eigenvalue weighted by Gasteiger charge is -2.14. The van der Waals surface area contributed by atoms with E-state index >= 15 is 0 Å². The number of nitrogens with one attached hydrogen (secondary N) is 3. The van der Waals surface area contributed by atoms with Gasteiger partial charge in [-0.25, -0.2) is 0 Å². The predicted molar refractivity (Wildman–Crippen MR) is 99.1 cm³/mol. The molecule has 0 saturated carbocycles. The first kappa shape index (κ1) is 17.9. The monoisotopic (exact) mass is 371 g/mol. The van der Waals surface area contributed by atoms with Crippen LogP contribution in [0.15, 0.2) is 48.5 Å². The van der Waals surface area contributed by atoms with Crippen molar-refractivity contribution in [2.45, 2.75) is 18.9 Å². The first-order chi connectivity index (χ1) is 12.5. The van der Waals surface area contributed by atoms with Gasteiger partial charge in [-0.2, -0.15) is 0 Å². The van der Waals surface area contributed by atoms with Gasteiger partial charge >= 0.3 is 0 Å². The summed E-state index contributed by atoms with van der Waals surface area (Å²) in [6.45, 7) is 0.434. The molecule has 0 aliphatic carbocycles. The second kappa shape index (κ2) is 8.01. The topological polar surface area (TPSA) is 87.3 Å². The third kappa shape index (κ3) is 4.40. The lowest BCUT2D eigenvalue weighted by molar-refractivity contribution is -0.125. The predicted octanol–water partition coefficient (Wildman–Crippen LogP) is 2.14. The van der Waals surface area contributed by atoms with E-state index in [-0.39, 0.29) is 18.2 Å². The minimum Gasteiger partial charge on any atom is -0.356 e. The average molecular weight is 372 g/mol. The van der Waals surface area contributed by atoms with Gasteiger partial charge in [0.15, 0.2) is 0 Å². The zero-order valence-corrected chi connectivity index (χ0v) is 14.7. The van der Waals surface area contributed by atoms with E-state index in [0.29, 0.717) is 29.2 Å². The lowest BCUT2D eigenvalue weighted by Crippen LogP contribution is -2.44. The maximum atomic E-state index is 12.3. The molecule has 1 atom stereocenters. The summed E-state index contributed by atoms with van der Waals surface area (Å²) in [5, 5.41) is 8.71. The van der Waals surface area contributed by atoms with Crippen LogP contribution >= 0.6 is 11.6 Å². The van der Waals surface area contributed by atoms with E-state index < -0.39 is 11.9 Å². The molecule has 2 aromatic carbocycles. The van der Waals surface area contributed by atoms with Crippen LogP contribution < -0.4 is 16.0 Å². The van der Waals surface area contributed by atoms with Crippen molar-refractivity contribution in [3.8, 4) is 0 Å². The Balaban J connectivity index is 1.53. The van der Waals surface area contributed by atoms with Gasteiger partial charge in [0, 0.05) is 11.6 Å². The van der Waals surface area contributed by atoms with Gasteiger partial charge < -0.3 is 16.0 Å². The van der Waals surface area contributed by atoms with Gasteiger partial charge in [-0.15, -0.1) is 0 Å². The normalized spacial score (nSPS) is 16.1. The van der Waals surface area contributed by atoms with Gasteiger partial charge in [-0.05, 0) is 36.2 Å². The SMILES string of the molecule is O=C(C[C@H]1NC(=O)c2ccccc2NC1=O)NCCc1ccc(Cl)cc1. The van der Waals surface area contributed by atoms with Crippen molar-refractivity contribution in [2.24, 2.45) is 0 Å². The molecular weight excluding hydrogens is 354 g/mol. The third-order valence-corrected chi connectivity index (χ3v) is 4.34. The van der Waals surface area contributed by atoms with E-state index in [1.807, 2.05) is 12.1 Å². The summed E-state index contributed by atoms with van der Waals surface area (Å²) in [5.74, 6) is -1.08. The van der Waals surface area contributed by atoms with Crippen molar-refractivity contribution >= 4 is 35.0 Å². The highest BCUT2D eigenvalue weighted by molar-refractivity contribution is 6.30. The highest BCUT2D eigenvalue weighted by Crippen LogP contribution is 2.18. The summed E-state index contributed by atoms with van der Waals surface area (Å²) < 4.78 is 0. The molecule has 1 aliphatic heterocycles. The Bertz CT molecular complexity index is 836. The molecule has 2 aromatic rings. The van der Waals surface area contributed by atoms with E-state index in [0.717, 1.165) is 5.56 Å². The first-order valence-corrected chi connectivity index (χ1v) is 8.62. The first-order valence-electron chi connectivity index (χ1n) is 8.25. The molecule has 1 heterocycles. The van der Waals surface area contributed by atoms with E-state index in [1.54, 1.807) is 36.4 Å². The standard InChI is InChI=1S/C19H18ClN3O3/c20-13-7-5-12(6-8-13)9-10-21-17(24)11-16-19(26)22-15-4-2-1-3-14(15)18(25)23-16/h1-8,16H,9-11H2,(H,21,24)(H,22,26)(H,23,25)/t16-/m1/s1. The molecule has 134 valence electrons. The molecule has 0 spiro atoms. The second-order valence-electron chi connectivity index (χ2n) is 5.99. The molecule has 7 heteroatoms. The van der Waals surface area contributed by atoms with E-state index in [9.17, 15) is 14.4 Å². The highest BCUT2D eigenvalue weighted by atomic mass is 35.5. The minimum atomic E-state index is -0.912. The number of halogens is 1. The molecule has 0 saturated heterocycles. The summed E-state index contributed by atoms with van der Waals surface area (Å²) >= 11 is 5.83. The molecule has 3 rings (SSSR count). The summed E-state index contributed by atoms with van der Waals surface area (Å²) in [7, 11) is 0. The molecule has 26 heavy (non-hydrogen) atoms. The Hall–Kier alpha value is -2.86. The number of fused-ring (bicyclic) bond motifs is 1. The van der Waals surface area contributed by atoms with Crippen LogP contribution in [0.2, 0.25) is 5.02 Å². The smallest absolute Gasteiger partial charge is 0.254 e. The van der Waals surface area contributed by atoms with Crippen molar-refractivity contribution in [3.63, 3.8) is 0 Å². The van der Waals surface area contributed by atoms with Gasteiger partial charge in [0.25, 0.3) is 5.91 Å². The fourth-order valence-electron chi connectivity index (χ4n) is 2.71. The zero-order valence-electron chi connectivity index (χ0n) is 13.9. The Morgan fingerprint density at radius 2 is 1.81 bits per heavy atom. The number of rotatable bonds is 5. The average Bonchev–Trinajstić information content (AvgIpc) is 2.74. The molecule has 0 unspecified atom stereocenters. The maximum absolute atomic E-state index is 12.3. The van der Waals surface area contributed by atoms with Crippen molar-refractivity contribution in [1.82, 2.24) is 10.6 Å². The van der Waals surface area contributed by atoms with Crippen LogP contribution in [-0.2, 0) is 16.0 Å². The van der Waals surface area contributed by atoms with Crippen LogP contribution in [0.5, 0.6) is 0 Å². The van der Waals surface area contributed by atoms with Crippen LogP contribution in [0, 0.1) is 0 Å². The molecule has 3 amide bonds. The van der Waals surface area contributed by atoms with Crippen LogP contribution in [0.4, 0.5) is 5.69 Å². The van der Waals surface area contributed by atoms with Crippen molar-refractivity contribution in [1.29, 1.82) is 0 Å². The summed E-state index contributed by atoms with van der Waals surface area (Å²) in [6, 6.07) is 13.2. The lowest BCUT2D eigenvalue weighted by atomic mass is 10.1. The van der Waals surface area contributed by atoms with Crippen molar-refractivity contribution < 1.29 is 14.4 Å². The number of hydrogen-bond acceptors (Lipinski definition) is 3. The summed E-state index contributed by atoms with van der Waals surface area (Å²) in [6.07, 6.45) is 0.532. The van der Waals surface area contributed by atoms with Gasteiger partial charge in [-0.1, -0.05) is 35.9 Å². The van der Waals surface area contributed by atoms with Crippen molar-refractivity contribution in [2.75, 3.05) is 11.9 Å². The molecule has 0 radical (unpaired) electrons. The fourth-order valence-corrected chi connectivity index (χ4v) is 2.84.